The molecule has 1 aromatic heterocycles. The molecule has 0 saturated heterocycles. The van der Waals surface area contributed by atoms with Crippen molar-refractivity contribution >= 4 is 23.5 Å². The Balaban J connectivity index is 2.44. The molecular weight excluding hydrogens is 400 g/mol. The predicted octanol–water partition coefficient (Wildman–Crippen LogP) is 3.26. The van der Waals surface area contributed by atoms with Crippen LogP contribution in [0.3, 0.4) is 0 Å². The second-order valence-electron chi connectivity index (χ2n) is 5.94. The number of nitrogens with zero attached hydrogens (tertiary/aromatic N) is 2. The maximum atomic E-state index is 12.6. The topological polar surface area (TPSA) is 111 Å². The summed E-state index contributed by atoms with van der Waals surface area (Å²) in [7, 11) is 2.33. The highest BCUT2D eigenvalue weighted by atomic mass is 35.5. The maximum absolute atomic E-state index is 12.6. The number of benzene rings is 2. The Hall–Kier alpha value is -3.52. The normalized spacial score (nSPS) is 10.6. The van der Waals surface area contributed by atoms with Gasteiger partial charge in [-0.05, 0) is 23.8 Å². The number of aromatic nitrogens is 2. The van der Waals surface area contributed by atoms with Gasteiger partial charge in [0.15, 0.2) is 5.69 Å². The average molecular weight is 417 g/mol. The Morgan fingerprint density at radius 2 is 1.72 bits per heavy atom. The molecule has 0 aliphatic heterocycles. The molecule has 150 valence electrons. The van der Waals surface area contributed by atoms with Gasteiger partial charge in [-0.3, -0.25) is 0 Å². The van der Waals surface area contributed by atoms with E-state index in [4.69, 9.17) is 21.1 Å². The fourth-order valence-corrected chi connectivity index (χ4v) is 3.19. The quantitative estimate of drug-likeness (QED) is 0.485. The highest BCUT2D eigenvalue weighted by Gasteiger charge is 2.33. The summed E-state index contributed by atoms with van der Waals surface area (Å²) in [6.45, 7) is 0. The molecule has 1 heterocycles. The van der Waals surface area contributed by atoms with Crippen LogP contribution in [0.25, 0.3) is 16.9 Å². The first-order valence-electron chi connectivity index (χ1n) is 8.39. The van der Waals surface area contributed by atoms with Gasteiger partial charge >= 0.3 is 11.9 Å². The number of hydrogen-bond donors (Lipinski definition) is 2. The lowest BCUT2D eigenvalue weighted by Crippen LogP contribution is -2.15. The van der Waals surface area contributed by atoms with Gasteiger partial charge in [0.2, 0.25) is 0 Å². The Labute approximate surface area is 170 Å². The lowest BCUT2D eigenvalue weighted by atomic mass is 9.99. The molecule has 8 nitrogen and oxygen atoms in total. The Morgan fingerprint density at radius 3 is 2.31 bits per heavy atom. The van der Waals surface area contributed by atoms with Crippen LogP contribution in [-0.4, -0.2) is 46.2 Å². The van der Waals surface area contributed by atoms with Crippen LogP contribution in [0.1, 0.15) is 26.4 Å². The van der Waals surface area contributed by atoms with Crippen molar-refractivity contribution in [2.24, 2.45) is 0 Å². The van der Waals surface area contributed by atoms with E-state index in [0.717, 1.165) is 13.2 Å². The van der Waals surface area contributed by atoms with Crippen LogP contribution in [-0.2, 0) is 15.4 Å². The first kappa shape index (κ1) is 20.2. The Bertz CT molecular complexity index is 1080. The summed E-state index contributed by atoms with van der Waals surface area (Å²) in [6.07, 6.45) is 0. The number of hydrogen-bond acceptors (Lipinski definition) is 7. The summed E-state index contributed by atoms with van der Waals surface area (Å²) in [5.41, 5.74) is 0.481. The van der Waals surface area contributed by atoms with Crippen molar-refractivity contribution in [1.82, 2.24) is 9.78 Å². The van der Waals surface area contributed by atoms with E-state index in [2.05, 4.69) is 5.10 Å². The average Bonchev–Trinajstić information content (AvgIpc) is 3.12. The van der Waals surface area contributed by atoms with Crippen LogP contribution < -0.4 is 0 Å². The summed E-state index contributed by atoms with van der Waals surface area (Å²) in [4.78, 5) is 25.2. The van der Waals surface area contributed by atoms with Crippen molar-refractivity contribution in [3.05, 3.63) is 59.3 Å². The molecule has 0 spiro atoms. The molecule has 0 amide bonds. The molecule has 9 heteroatoms. The molecule has 29 heavy (non-hydrogen) atoms. The zero-order valence-electron chi connectivity index (χ0n) is 15.5. The van der Waals surface area contributed by atoms with Crippen molar-refractivity contribution in [3.8, 4) is 28.4 Å². The molecule has 3 aromatic rings. The number of phenolic OH excluding ortho intramolecular Hbond substituents is 2. The highest BCUT2D eigenvalue weighted by molar-refractivity contribution is 6.18. The minimum Gasteiger partial charge on any atom is -0.508 e. The fraction of sp³-hybridized carbons (Fsp3) is 0.150. The zero-order valence-corrected chi connectivity index (χ0v) is 16.3. The fourth-order valence-electron chi connectivity index (χ4n) is 2.98. The summed E-state index contributed by atoms with van der Waals surface area (Å²) in [6, 6.07) is 11.0. The maximum Gasteiger partial charge on any atom is 0.357 e. The number of methoxy groups -OCH3 is 2. The van der Waals surface area contributed by atoms with Gasteiger partial charge in [0.05, 0.1) is 19.9 Å². The molecule has 0 bridgehead atoms. The number of esters is 2. The molecule has 0 fully saturated rings. The second-order valence-corrected chi connectivity index (χ2v) is 6.20. The van der Waals surface area contributed by atoms with Gasteiger partial charge in [-0.1, -0.05) is 18.2 Å². The van der Waals surface area contributed by atoms with E-state index in [-0.39, 0.29) is 39.9 Å². The van der Waals surface area contributed by atoms with Gasteiger partial charge in [-0.15, -0.1) is 11.6 Å². The van der Waals surface area contributed by atoms with E-state index in [1.54, 1.807) is 30.3 Å². The second kappa shape index (κ2) is 8.24. The van der Waals surface area contributed by atoms with Crippen molar-refractivity contribution in [3.63, 3.8) is 0 Å². The van der Waals surface area contributed by atoms with Crippen molar-refractivity contribution in [2.45, 2.75) is 5.88 Å². The number of carbonyl (C=O) groups is 2. The SMILES string of the molecule is COC(=O)c1c(-c2c(O)cc(O)cc2CCl)nn(-c2ccccc2)c1C(=O)OC. The molecular formula is C20H17ClN2O6. The molecule has 0 aliphatic carbocycles. The molecule has 0 unspecified atom stereocenters. The van der Waals surface area contributed by atoms with Gasteiger partial charge in [0.1, 0.15) is 22.8 Å². The molecule has 3 rings (SSSR count). The van der Waals surface area contributed by atoms with Crippen molar-refractivity contribution < 1.29 is 29.3 Å². The van der Waals surface area contributed by atoms with E-state index >= 15 is 0 Å². The highest BCUT2D eigenvalue weighted by Crippen LogP contribution is 2.39. The number of aromatic hydroxyl groups is 2. The van der Waals surface area contributed by atoms with Gasteiger partial charge in [-0.2, -0.15) is 5.10 Å². The number of carbonyl (C=O) groups excluding carboxylic acids is 2. The summed E-state index contributed by atoms with van der Waals surface area (Å²) in [5.74, 6) is -2.34. The van der Waals surface area contributed by atoms with Crippen molar-refractivity contribution in [1.29, 1.82) is 0 Å². The van der Waals surface area contributed by atoms with Crippen LogP contribution >= 0.6 is 11.6 Å². The lowest BCUT2D eigenvalue weighted by molar-refractivity contribution is 0.0549. The molecule has 0 aliphatic rings. The van der Waals surface area contributed by atoms with E-state index in [0.29, 0.717) is 11.3 Å². The molecule has 0 atom stereocenters. The van der Waals surface area contributed by atoms with E-state index in [1.807, 2.05) is 0 Å². The lowest BCUT2D eigenvalue weighted by Gasteiger charge is -2.10. The van der Waals surface area contributed by atoms with Gasteiger partial charge in [0, 0.05) is 17.5 Å². The smallest absolute Gasteiger partial charge is 0.357 e. The van der Waals surface area contributed by atoms with E-state index in [9.17, 15) is 19.8 Å². The molecule has 0 radical (unpaired) electrons. The van der Waals surface area contributed by atoms with Gasteiger partial charge in [0.25, 0.3) is 0 Å². The third-order valence-electron chi connectivity index (χ3n) is 4.22. The first-order chi connectivity index (χ1) is 13.9. The molecule has 2 aromatic carbocycles. The zero-order chi connectivity index (χ0) is 21.1. The number of phenols is 2. The Kier molecular flexibility index (Phi) is 5.74. The Morgan fingerprint density at radius 1 is 1.07 bits per heavy atom. The van der Waals surface area contributed by atoms with Crippen LogP contribution in [0.2, 0.25) is 0 Å². The minimum atomic E-state index is -0.851. The number of alkyl halides is 1. The number of rotatable bonds is 5. The summed E-state index contributed by atoms with van der Waals surface area (Å²) >= 11 is 5.98. The van der Waals surface area contributed by atoms with Crippen LogP contribution in [0.15, 0.2) is 42.5 Å². The van der Waals surface area contributed by atoms with Crippen molar-refractivity contribution in [2.75, 3.05) is 14.2 Å². The van der Waals surface area contributed by atoms with Gasteiger partial charge < -0.3 is 19.7 Å². The standard InChI is InChI=1S/C20H17ClN2O6/c1-28-19(26)16-17(15-11(10-21)8-13(24)9-14(15)25)22-23(18(16)20(27)29-2)12-6-4-3-5-7-12/h3-9,24-25H,10H2,1-2H3. The monoisotopic (exact) mass is 416 g/mol. The minimum absolute atomic E-state index is 0.0331. The molecule has 0 saturated carbocycles. The van der Waals surface area contributed by atoms with E-state index < -0.39 is 11.9 Å². The van der Waals surface area contributed by atoms with Crippen LogP contribution in [0, 0.1) is 0 Å². The summed E-state index contributed by atoms with van der Waals surface area (Å²) < 4.78 is 10.9. The third-order valence-corrected chi connectivity index (χ3v) is 4.51. The summed E-state index contributed by atoms with van der Waals surface area (Å²) in [5, 5.41) is 24.6. The van der Waals surface area contributed by atoms with E-state index in [1.165, 1.54) is 17.9 Å². The number of halogens is 1. The largest absolute Gasteiger partial charge is 0.508 e. The number of para-hydroxylation sites is 1. The van der Waals surface area contributed by atoms with Crippen LogP contribution in [0.5, 0.6) is 11.5 Å². The third kappa shape index (κ3) is 3.62. The first-order valence-corrected chi connectivity index (χ1v) is 8.92. The van der Waals surface area contributed by atoms with Gasteiger partial charge in [-0.25, -0.2) is 14.3 Å². The predicted molar refractivity (Wildman–Crippen MR) is 105 cm³/mol. The number of ether oxygens (including phenoxy) is 2. The van der Waals surface area contributed by atoms with Crippen LogP contribution in [0.4, 0.5) is 0 Å². The molecule has 2 N–H and O–H groups in total.